The summed E-state index contributed by atoms with van der Waals surface area (Å²) in [6.45, 7) is 2.66. The highest BCUT2D eigenvalue weighted by Crippen LogP contribution is 2.33. The van der Waals surface area contributed by atoms with Crippen molar-refractivity contribution in [3.8, 4) is 0 Å². The third kappa shape index (κ3) is 3.03. The average molecular weight is 301 g/mol. The van der Waals surface area contributed by atoms with Crippen molar-refractivity contribution in [2.24, 2.45) is 0 Å². The lowest BCUT2D eigenvalue weighted by Gasteiger charge is -2.21. The molecule has 0 amide bonds. The lowest BCUT2D eigenvalue weighted by atomic mass is 10.1. The van der Waals surface area contributed by atoms with E-state index in [9.17, 15) is 19.1 Å². The Labute approximate surface area is 119 Å². The molecule has 21 heavy (non-hydrogen) atoms. The van der Waals surface area contributed by atoms with Gasteiger partial charge in [-0.25, -0.2) is 9.18 Å². The van der Waals surface area contributed by atoms with Crippen molar-refractivity contribution < 1.29 is 23.8 Å². The minimum absolute atomic E-state index is 0.00460. The van der Waals surface area contributed by atoms with E-state index in [-0.39, 0.29) is 5.82 Å². The molecule has 1 fully saturated rings. The molecule has 8 nitrogen and oxygen atoms in total. The number of carbonyl (C=O) groups is 1. The van der Waals surface area contributed by atoms with Gasteiger partial charge in [0.15, 0.2) is 12.4 Å². The summed E-state index contributed by atoms with van der Waals surface area (Å²) >= 11 is 0. The Morgan fingerprint density at radius 1 is 1.67 bits per heavy atom. The van der Waals surface area contributed by atoms with E-state index in [2.05, 4.69) is 4.98 Å². The molecule has 0 saturated carbocycles. The van der Waals surface area contributed by atoms with Gasteiger partial charge in [0.25, 0.3) is 0 Å². The Morgan fingerprint density at radius 3 is 2.90 bits per heavy atom. The van der Waals surface area contributed by atoms with Crippen molar-refractivity contribution in [3.63, 3.8) is 0 Å². The van der Waals surface area contributed by atoms with E-state index in [1.54, 1.807) is 0 Å². The quantitative estimate of drug-likeness (QED) is 0.714. The molecular formula is C12H16FN3O5. The van der Waals surface area contributed by atoms with E-state index in [1.807, 2.05) is 0 Å². The number of aromatic nitrogens is 2. The van der Waals surface area contributed by atoms with Gasteiger partial charge in [-0.15, -0.1) is 0 Å². The lowest BCUT2D eigenvalue weighted by molar-refractivity contribution is -0.157. The molecule has 9 heteroatoms. The first-order chi connectivity index (χ1) is 9.81. The van der Waals surface area contributed by atoms with E-state index in [0.717, 1.165) is 4.57 Å². The second-order valence-corrected chi connectivity index (χ2v) is 4.78. The molecule has 5 atom stereocenters. The summed E-state index contributed by atoms with van der Waals surface area (Å²) in [5.41, 5.74) is 4.56. The minimum atomic E-state index is -1.86. The van der Waals surface area contributed by atoms with Crippen LogP contribution < -0.4 is 11.4 Å². The van der Waals surface area contributed by atoms with Gasteiger partial charge >= 0.3 is 11.7 Å². The van der Waals surface area contributed by atoms with Crippen LogP contribution in [-0.2, 0) is 14.3 Å². The highest BCUT2D eigenvalue weighted by atomic mass is 19.1. The topological polar surface area (TPSA) is 117 Å². The van der Waals surface area contributed by atoms with Crippen LogP contribution >= 0.6 is 0 Å². The van der Waals surface area contributed by atoms with Crippen LogP contribution in [0.5, 0.6) is 0 Å². The molecule has 1 aliphatic heterocycles. The van der Waals surface area contributed by atoms with Gasteiger partial charge in [0.1, 0.15) is 24.1 Å². The maximum atomic E-state index is 14.2. The van der Waals surface area contributed by atoms with E-state index >= 15 is 0 Å². The fraction of sp³-hybridized carbons (Fsp3) is 0.583. The maximum absolute atomic E-state index is 14.2. The molecule has 2 rings (SSSR count). The molecule has 0 spiro atoms. The van der Waals surface area contributed by atoms with Crippen molar-refractivity contribution in [3.05, 3.63) is 22.7 Å². The van der Waals surface area contributed by atoms with Crippen LogP contribution in [0.1, 0.15) is 20.1 Å². The summed E-state index contributed by atoms with van der Waals surface area (Å²) in [5.74, 6) is -0.585. The first-order valence-corrected chi connectivity index (χ1v) is 6.30. The minimum Gasteiger partial charge on any atom is -0.460 e. The number of nitrogens with two attached hydrogens (primary N) is 1. The number of hydrogen-bond acceptors (Lipinski definition) is 7. The second kappa shape index (κ2) is 5.78. The normalized spacial score (nSPS) is 30.1. The number of anilines is 1. The molecule has 0 aliphatic carbocycles. The van der Waals surface area contributed by atoms with Gasteiger partial charge < -0.3 is 20.3 Å². The van der Waals surface area contributed by atoms with Crippen LogP contribution in [0.25, 0.3) is 0 Å². The number of esters is 1. The summed E-state index contributed by atoms with van der Waals surface area (Å²) in [7, 11) is 0. The van der Waals surface area contributed by atoms with Gasteiger partial charge in [-0.05, 0) is 13.0 Å². The molecule has 1 aromatic rings. The van der Waals surface area contributed by atoms with Crippen molar-refractivity contribution in [2.45, 2.75) is 44.6 Å². The molecule has 0 aromatic carbocycles. The molecule has 0 radical (unpaired) electrons. The van der Waals surface area contributed by atoms with Crippen LogP contribution in [0.15, 0.2) is 17.1 Å². The first kappa shape index (κ1) is 15.4. The number of alkyl halides is 1. The SMILES string of the molecule is CC(=O)O[C@@H](C)[C@H]1O[C@@H](n2ccc(N)nc2=O)[C@@H](F)[C@@H]1O. The highest BCUT2D eigenvalue weighted by molar-refractivity contribution is 5.66. The van der Waals surface area contributed by atoms with Gasteiger partial charge in [-0.2, -0.15) is 4.98 Å². The number of carbonyl (C=O) groups excluding carboxylic acids is 1. The third-order valence-corrected chi connectivity index (χ3v) is 3.17. The molecule has 1 aromatic heterocycles. The standard InChI is InChI=1S/C12H16FN3O5/c1-5(20-6(2)17)10-9(18)8(13)11(21-10)16-4-3-7(14)15-12(16)19/h3-5,8-11,18H,1-2H3,(H2,14,15,19)/t5-,8-,9-,10+,11+/m0/s1. The van der Waals surface area contributed by atoms with Crippen LogP contribution in [0, 0.1) is 0 Å². The number of aliphatic hydroxyl groups excluding tert-OH is 1. The van der Waals surface area contributed by atoms with Crippen molar-refractivity contribution in [1.82, 2.24) is 9.55 Å². The number of rotatable bonds is 3. The predicted molar refractivity (Wildman–Crippen MR) is 69.0 cm³/mol. The van der Waals surface area contributed by atoms with E-state index < -0.39 is 42.4 Å². The summed E-state index contributed by atoms with van der Waals surface area (Å²) in [5, 5.41) is 9.87. The third-order valence-electron chi connectivity index (χ3n) is 3.17. The summed E-state index contributed by atoms with van der Waals surface area (Å²) in [6.07, 6.45) is -5.47. The molecule has 0 bridgehead atoms. The molecule has 0 unspecified atom stereocenters. The van der Waals surface area contributed by atoms with Crippen LogP contribution in [0.2, 0.25) is 0 Å². The number of nitrogen functional groups attached to an aromatic ring is 1. The molecule has 1 saturated heterocycles. The fourth-order valence-corrected chi connectivity index (χ4v) is 2.22. The number of halogens is 1. The Hall–Kier alpha value is -2.00. The summed E-state index contributed by atoms with van der Waals surface area (Å²) < 4.78 is 25.3. The highest BCUT2D eigenvalue weighted by Gasteiger charge is 2.48. The Morgan fingerprint density at radius 2 is 2.33 bits per heavy atom. The van der Waals surface area contributed by atoms with E-state index in [4.69, 9.17) is 15.2 Å². The zero-order chi connectivity index (χ0) is 15.7. The van der Waals surface area contributed by atoms with E-state index in [1.165, 1.54) is 26.1 Å². The van der Waals surface area contributed by atoms with E-state index in [0.29, 0.717) is 0 Å². The van der Waals surface area contributed by atoms with Gasteiger partial charge in [-0.3, -0.25) is 9.36 Å². The average Bonchev–Trinajstić information content (AvgIpc) is 2.66. The van der Waals surface area contributed by atoms with Gasteiger partial charge in [0, 0.05) is 13.1 Å². The molecular weight excluding hydrogens is 285 g/mol. The monoisotopic (exact) mass is 301 g/mol. The van der Waals surface area contributed by atoms with Gasteiger partial charge in [0.05, 0.1) is 0 Å². The second-order valence-electron chi connectivity index (χ2n) is 4.78. The Kier molecular flexibility index (Phi) is 4.24. The van der Waals surface area contributed by atoms with Crippen LogP contribution in [0.4, 0.5) is 10.2 Å². The zero-order valence-electron chi connectivity index (χ0n) is 11.5. The lowest BCUT2D eigenvalue weighted by Crippen LogP contribution is -2.38. The largest absolute Gasteiger partial charge is 0.460 e. The smallest absolute Gasteiger partial charge is 0.351 e. The number of hydrogen-bond donors (Lipinski definition) is 2. The van der Waals surface area contributed by atoms with Crippen LogP contribution in [-0.4, -0.2) is 45.1 Å². The Bertz CT molecular complexity index is 593. The zero-order valence-corrected chi connectivity index (χ0v) is 11.5. The number of nitrogens with zero attached hydrogens (tertiary/aromatic N) is 2. The molecule has 1 aliphatic rings. The van der Waals surface area contributed by atoms with Gasteiger partial charge in [0.2, 0.25) is 0 Å². The van der Waals surface area contributed by atoms with Crippen molar-refractivity contribution in [2.75, 3.05) is 5.73 Å². The van der Waals surface area contributed by atoms with Crippen LogP contribution in [0.3, 0.4) is 0 Å². The van der Waals surface area contributed by atoms with Crippen molar-refractivity contribution >= 4 is 11.8 Å². The predicted octanol–water partition coefficient (Wildman–Crippen LogP) is -0.627. The number of ether oxygens (including phenoxy) is 2. The Balaban J connectivity index is 2.23. The fourth-order valence-electron chi connectivity index (χ4n) is 2.22. The van der Waals surface area contributed by atoms with Crippen molar-refractivity contribution in [1.29, 1.82) is 0 Å². The molecule has 116 valence electrons. The molecule has 2 heterocycles. The van der Waals surface area contributed by atoms with Gasteiger partial charge in [-0.1, -0.05) is 0 Å². The summed E-state index contributed by atoms with van der Waals surface area (Å²) in [4.78, 5) is 26.1. The summed E-state index contributed by atoms with van der Waals surface area (Å²) in [6, 6.07) is 1.31. The molecule has 3 N–H and O–H groups in total. The maximum Gasteiger partial charge on any atom is 0.351 e. The number of aliphatic hydroxyl groups is 1. The first-order valence-electron chi connectivity index (χ1n) is 6.30.